The molecule has 1 aliphatic heterocycles. The molecule has 0 aromatic carbocycles. The normalized spacial score (nSPS) is 26.5. The average molecular weight is 487 g/mol. The molecule has 0 bridgehead atoms. The average Bonchev–Trinajstić information content (AvgIpc) is 3.13. The summed E-state index contributed by atoms with van der Waals surface area (Å²) in [6.07, 6.45) is -1.01. The summed E-state index contributed by atoms with van der Waals surface area (Å²) in [6.45, 7) is -0.815. The van der Waals surface area contributed by atoms with Gasteiger partial charge in [0.25, 0.3) is 15.6 Å². The summed E-state index contributed by atoms with van der Waals surface area (Å²) in [5, 5.41) is 10.2. The van der Waals surface area contributed by atoms with Gasteiger partial charge in [-0.25, -0.2) is 19.3 Å². The van der Waals surface area contributed by atoms with Crippen LogP contribution < -0.4 is 25.3 Å². The fourth-order valence-electron chi connectivity index (χ4n) is 2.60. The van der Waals surface area contributed by atoms with Crippen molar-refractivity contribution in [2.24, 2.45) is 0 Å². The summed E-state index contributed by atoms with van der Waals surface area (Å²) < 4.78 is 50.6. The van der Waals surface area contributed by atoms with E-state index in [0.717, 1.165) is 6.33 Å². The Morgan fingerprint density at radius 3 is 2.53 bits per heavy atom. The van der Waals surface area contributed by atoms with E-state index in [9.17, 15) is 38.4 Å². The van der Waals surface area contributed by atoms with Gasteiger partial charge in [-0.05, 0) is 0 Å². The van der Waals surface area contributed by atoms with Gasteiger partial charge in [0.05, 0.1) is 26.9 Å². The van der Waals surface area contributed by atoms with E-state index >= 15 is 0 Å². The summed E-state index contributed by atoms with van der Waals surface area (Å²) in [7, 11) is -17.8. The van der Waals surface area contributed by atoms with E-state index in [1.54, 1.807) is 0 Å². The number of nitrogens with zero attached hydrogens (tertiary/aromatic N) is 4. The number of hydrogen-bond donors (Lipinski definition) is 2. The Balaban J connectivity index is 1.63. The Morgan fingerprint density at radius 2 is 1.87 bits per heavy atom. The van der Waals surface area contributed by atoms with E-state index in [4.69, 9.17) is 10.5 Å². The molecule has 0 saturated carbocycles. The molecule has 168 valence electrons. The van der Waals surface area contributed by atoms with Gasteiger partial charge in [0.15, 0.2) is 17.7 Å². The van der Waals surface area contributed by atoms with Gasteiger partial charge < -0.3 is 44.2 Å². The number of imidazole rings is 1. The predicted octanol–water partition coefficient (Wildman–Crippen LogP) is -3.13. The Hall–Kier alpha value is -1.32. The van der Waals surface area contributed by atoms with E-state index in [0.29, 0.717) is 0 Å². The van der Waals surface area contributed by atoms with Gasteiger partial charge in [-0.1, -0.05) is 0 Å². The van der Waals surface area contributed by atoms with Gasteiger partial charge in [-0.2, -0.15) is 0 Å². The van der Waals surface area contributed by atoms with Gasteiger partial charge in [-0.15, -0.1) is 0 Å². The highest BCUT2D eigenvalue weighted by molar-refractivity contribution is 7.64. The number of anilines is 1. The maximum atomic E-state index is 11.6. The van der Waals surface area contributed by atoms with Crippen molar-refractivity contribution in [3.63, 3.8) is 0 Å². The number of ether oxygens (including phenoxy) is 1. The number of nitrogens with two attached hydrogens (primary N) is 1. The van der Waals surface area contributed by atoms with Gasteiger partial charge in [0.2, 0.25) is 0 Å². The third-order valence-electron chi connectivity index (χ3n) is 3.65. The lowest BCUT2D eigenvalue weighted by Crippen LogP contribution is -2.22. The Kier molecular flexibility index (Phi) is 6.47. The van der Waals surface area contributed by atoms with Crippen molar-refractivity contribution >= 4 is 40.4 Å². The first kappa shape index (κ1) is 23.3. The van der Waals surface area contributed by atoms with Crippen LogP contribution in [-0.2, 0) is 31.6 Å². The number of phosphoric ester groups is 1. The molecule has 5 atom stereocenters. The van der Waals surface area contributed by atoms with Gasteiger partial charge in [-0.3, -0.25) is 18.0 Å². The van der Waals surface area contributed by atoms with Crippen molar-refractivity contribution in [3.8, 4) is 0 Å². The van der Waals surface area contributed by atoms with Crippen LogP contribution in [0.4, 0.5) is 5.82 Å². The fraction of sp³-hybridized carbons (Fsp3) is 0.500. The third-order valence-corrected chi connectivity index (χ3v) is 7.31. The SMILES string of the molecule is Nc1ncnc2c1ncn2[C@@H]1O[C@H](COP(=O)([O-])OP(=O)([O-])OP(=O)([O-])[O-])C[C@H]1O. The van der Waals surface area contributed by atoms with Crippen LogP contribution in [0.3, 0.4) is 0 Å². The lowest BCUT2D eigenvalue weighted by molar-refractivity contribution is -0.339. The molecular formula is C10H12N5O12P3-4. The van der Waals surface area contributed by atoms with Crippen LogP contribution in [0.5, 0.6) is 0 Å². The highest BCUT2D eigenvalue weighted by Gasteiger charge is 2.37. The minimum absolute atomic E-state index is 0.0838. The molecule has 20 heteroatoms. The molecule has 1 saturated heterocycles. The first-order valence-corrected chi connectivity index (χ1v) is 12.1. The van der Waals surface area contributed by atoms with Crippen LogP contribution in [0.15, 0.2) is 12.7 Å². The topological polar surface area (TPSA) is 270 Å². The molecule has 17 nitrogen and oxygen atoms in total. The van der Waals surface area contributed by atoms with Gasteiger partial charge in [0, 0.05) is 6.42 Å². The molecule has 3 heterocycles. The standard InChI is InChI=1S/C10H16N5O12P3/c11-8-7-9(13-3-12-8)15(4-14-7)10-6(16)1-5(25-10)2-24-29(20,21)27-30(22,23)26-28(17,18)19/h3-6,10,16H,1-2H2,(H,20,21)(H,22,23)(H2,11,12,13)(H2,17,18,19)/p-4/t5-,6+,10+/m0/s1. The molecule has 0 aliphatic carbocycles. The maximum absolute atomic E-state index is 11.6. The number of nitrogen functional groups attached to an aromatic ring is 1. The van der Waals surface area contributed by atoms with Gasteiger partial charge in [0.1, 0.15) is 17.9 Å². The van der Waals surface area contributed by atoms with Gasteiger partial charge >= 0.3 is 0 Å². The van der Waals surface area contributed by atoms with Crippen molar-refractivity contribution in [1.29, 1.82) is 0 Å². The molecule has 30 heavy (non-hydrogen) atoms. The second kappa shape index (κ2) is 8.31. The van der Waals surface area contributed by atoms with E-state index in [1.165, 1.54) is 10.9 Å². The zero-order valence-electron chi connectivity index (χ0n) is 14.4. The van der Waals surface area contributed by atoms with E-state index in [1.807, 2.05) is 0 Å². The summed E-state index contributed by atoms with van der Waals surface area (Å²) >= 11 is 0. The molecule has 0 radical (unpaired) electrons. The molecule has 2 unspecified atom stereocenters. The number of hydrogen-bond acceptors (Lipinski definition) is 16. The molecular weight excluding hydrogens is 475 g/mol. The summed E-state index contributed by atoms with van der Waals surface area (Å²) in [5.41, 5.74) is 6.14. The molecule has 1 fully saturated rings. The van der Waals surface area contributed by atoms with Crippen molar-refractivity contribution in [1.82, 2.24) is 19.5 Å². The number of rotatable bonds is 8. The van der Waals surface area contributed by atoms with Crippen molar-refractivity contribution in [2.75, 3.05) is 12.3 Å². The van der Waals surface area contributed by atoms with Crippen LogP contribution in [0.25, 0.3) is 11.2 Å². The van der Waals surface area contributed by atoms with Crippen LogP contribution in [-0.4, -0.2) is 43.4 Å². The minimum Gasteiger partial charge on any atom is -0.790 e. The predicted molar refractivity (Wildman–Crippen MR) is 85.2 cm³/mol. The number of aromatic nitrogens is 4. The molecule has 3 rings (SSSR count). The van der Waals surface area contributed by atoms with Crippen molar-refractivity contribution < 1.29 is 56.3 Å². The zero-order valence-corrected chi connectivity index (χ0v) is 17.1. The minimum atomic E-state index is -6.08. The highest BCUT2D eigenvalue weighted by atomic mass is 31.3. The first-order chi connectivity index (χ1) is 13.8. The second-order valence-electron chi connectivity index (χ2n) is 5.84. The Labute approximate surface area is 166 Å². The quantitative estimate of drug-likeness (QED) is 0.348. The molecule has 0 amide bonds. The third kappa shape index (κ3) is 5.68. The molecule has 3 N–H and O–H groups in total. The number of fused-ring (bicyclic) bond motifs is 1. The highest BCUT2D eigenvalue weighted by Crippen LogP contribution is 2.60. The first-order valence-electron chi connectivity index (χ1n) is 7.74. The fourth-order valence-corrected chi connectivity index (χ4v) is 5.49. The van der Waals surface area contributed by atoms with E-state index in [2.05, 4.69) is 28.1 Å². The van der Waals surface area contributed by atoms with Crippen LogP contribution in [0.2, 0.25) is 0 Å². The summed E-state index contributed by atoms with van der Waals surface area (Å²) in [4.78, 5) is 55.0. The molecule has 0 spiro atoms. The summed E-state index contributed by atoms with van der Waals surface area (Å²) in [6, 6.07) is 0. The van der Waals surface area contributed by atoms with Crippen LogP contribution >= 0.6 is 23.5 Å². The molecule has 1 aliphatic rings. The van der Waals surface area contributed by atoms with E-state index in [-0.39, 0.29) is 23.4 Å². The second-order valence-corrected chi connectivity index (χ2v) is 10.1. The maximum Gasteiger partial charge on any atom is 0.278 e. The largest absolute Gasteiger partial charge is 0.790 e. The number of aliphatic hydroxyl groups excluding tert-OH is 1. The lowest BCUT2D eigenvalue weighted by atomic mass is 10.2. The van der Waals surface area contributed by atoms with Crippen LogP contribution in [0, 0.1) is 0 Å². The smallest absolute Gasteiger partial charge is 0.278 e. The number of aliphatic hydroxyl groups is 1. The zero-order chi connectivity index (χ0) is 22.3. The molecule has 2 aromatic rings. The molecule has 2 aromatic heterocycles. The monoisotopic (exact) mass is 487 g/mol. The van der Waals surface area contributed by atoms with Crippen molar-refractivity contribution in [3.05, 3.63) is 12.7 Å². The van der Waals surface area contributed by atoms with E-state index < -0.39 is 48.5 Å². The Morgan fingerprint density at radius 1 is 1.17 bits per heavy atom. The van der Waals surface area contributed by atoms with Crippen LogP contribution in [0.1, 0.15) is 12.6 Å². The number of phosphoric acid groups is 3. The Bertz CT molecular complexity index is 1070. The lowest BCUT2D eigenvalue weighted by Gasteiger charge is -2.37. The summed E-state index contributed by atoms with van der Waals surface area (Å²) in [5.74, 6) is 0.0838. The van der Waals surface area contributed by atoms with Crippen molar-refractivity contribution in [2.45, 2.75) is 24.9 Å².